The highest BCUT2D eigenvalue weighted by Gasteiger charge is 2.26. The van der Waals surface area contributed by atoms with E-state index in [0.717, 1.165) is 0 Å². The van der Waals surface area contributed by atoms with Gasteiger partial charge in [0.2, 0.25) is 0 Å². The number of hydrogen-bond acceptors (Lipinski definition) is 6. The van der Waals surface area contributed by atoms with Gasteiger partial charge in [-0.1, -0.05) is 29.3 Å². The normalized spacial score (nSPS) is 15.2. The molecule has 206 valence electrons. The zero-order valence-electron chi connectivity index (χ0n) is 21.7. The van der Waals surface area contributed by atoms with Gasteiger partial charge < -0.3 is 15.4 Å². The minimum atomic E-state index is -0.898. The maximum atomic E-state index is 13.9. The van der Waals surface area contributed by atoms with Crippen molar-refractivity contribution in [2.45, 2.75) is 38.8 Å². The van der Waals surface area contributed by atoms with E-state index < -0.39 is 23.3 Å². The summed E-state index contributed by atoms with van der Waals surface area (Å²) in [5, 5.41) is 7.98. The first-order valence-electron chi connectivity index (χ1n) is 12.5. The van der Waals surface area contributed by atoms with E-state index in [1.807, 2.05) is 0 Å². The van der Waals surface area contributed by atoms with Crippen LogP contribution in [-0.2, 0) is 11.2 Å². The van der Waals surface area contributed by atoms with Crippen LogP contribution in [0, 0.1) is 11.6 Å². The predicted octanol–water partition coefficient (Wildman–Crippen LogP) is 7.17. The van der Waals surface area contributed by atoms with Crippen LogP contribution in [0.5, 0.6) is 0 Å². The van der Waals surface area contributed by atoms with Crippen molar-refractivity contribution in [1.82, 2.24) is 18.9 Å². The quantitative estimate of drug-likeness (QED) is 0.234. The van der Waals surface area contributed by atoms with Crippen molar-refractivity contribution in [2.24, 2.45) is 0 Å². The number of nitrogens with zero attached hydrogens (tertiary/aromatic N) is 4. The minimum Gasteiger partial charge on any atom is -0.443 e. The number of fused-ring (bicyclic) bond motifs is 3. The first-order chi connectivity index (χ1) is 19.0. The molecule has 1 unspecified atom stereocenters. The van der Waals surface area contributed by atoms with Crippen molar-refractivity contribution < 1.29 is 18.3 Å². The molecule has 1 aliphatic heterocycles. The van der Waals surface area contributed by atoms with Gasteiger partial charge in [0.25, 0.3) is 0 Å². The molecule has 0 saturated heterocycles. The van der Waals surface area contributed by atoms with E-state index in [-0.39, 0.29) is 6.04 Å². The molecule has 0 fully saturated rings. The third-order valence-electron chi connectivity index (χ3n) is 6.59. The van der Waals surface area contributed by atoms with Gasteiger partial charge in [0.15, 0.2) is 23.1 Å². The topological polar surface area (TPSA) is 85.5 Å². The Morgan fingerprint density at radius 3 is 2.73 bits per heavy atom. The number of nitrogens with one attached hydrogen (secondary N) is 2. The lowest BCUT2D eigenvalue weighted by Crippen LogP contribution is -2.35. The maximum absolute atomic E-state index is 13.9. The Balaban J connectivity index is 1.44. The summed E-state index contributed by atoms with van der Waals surface area (Å²) in [7, 11) is 0. The first-order valence-corrected chi connectivity index (χ1v) is 13.3. The summed E-state index contributed by atoms with van der Waals surface area (Å²) >= 11 is 13.1. The summed E-state index contributed by atoms with van der Waals surface area (Å²) in [4.78, 5) is 22.4. The van der Waals surface area contributed by atoms with E-state index >= 15 is 0 Å². The molecule has 6 rings (SSSR count). The van der Waals surface area contributed by atoms with Crippen molar-refractivity contribution in [3.63, 3.8) is 0 Å². The van der Waals surface area contributed by atoms with Gasteiger partial charge in [-0.25, -0.2) is 23.5 Å². The van der Waals surface area contributed by atoms with Gasteiger partial charge in [-0.3, -0.25) is 8.97 Å². The van der Waals surface area contributed by atoms with Crippen LogP contribution in [-0.4, -0.2) is 43.2 Å². The van der Waals surface area contributed by atoms with Crippen LogP contribution in [0.4, 0.5) is 25.1 Å². The van der Waals surface area contributed by atoms with Gasteiger partial charge in [0, 0.05) is 58.9 Å². The third-order valence-corrected chi connectivity index (χ3v) is 7.18. The molecule has 40 heavy (non-hydrogen) atoms. The Hall–Kier alpha value is -3.89. The van der Waals surface area contributed by atoms with Gasteiger partial charge in [0.1, 0.15) is 16.4 Å². The summed E-state index contributed by atoms with van der Waals surface area (Å²) in [5.41, 5.74) is 2.51. The van der Waals surface area contributed by atoms with Gasteiger partial charge in [-0.05, 0) is 51.0 Å². The molecular formula is C28H24Cl2F2N6O2. The Morgan fingerprint density at radius 1 is 1.18 bits per heavy atom. The minimum absolute atomic E-state index is 0.207. The molecule has 1 atom stereocenters. The number of benzene rings is 2. The molecule has 0 saturated carbocycles. The number of carbonyl (C=O) groups is 1. The monoisotopic (exact) mass is 584 g/mol. The van der Waals surface area contributed by atoms with E-state index in [1.54, 1.807) is 62.0 Å². The smallest absolute Gasteiger partial charge is 0.419 e. The fourth-order valence-electron chi connectivity index (χ4n) is 4.87. The zero-order chi connectivity index (χ0) is 28.3. The molecule has 4 heterocycles. The lowest BCUT2D eigenvalue weighted by Gasteiger charge is -2.27. The summed E-state index contributed by atoms with van der Waals surface area (Å²) in [6.45, 7) is 5.81. The molecule has 2 aromatic carbocycles. The van der Waals surface area contributed by atoms with Crippen molar-refractivity contribution in [2.75, 3.05) is 17.2 Å². The summed E-state index contributed by atoms with van der Waals surface area (Å²) in [6.07, 6.45) is 4.81. The van der Waals surface area contributed by atoms with Crippen LogP contribution in [0.15, 0.2) is 48.9 Å². The molecule has 2 N–H and O–H groups in total. The highest BCUT2D eigenvalue weighted by atomic mass is 35.5. The third kappa shape index (κ3) is 4.71. The molecular weight excluding hydrogens is 561 g/mol. The van der Waals surface area contributed by atoms with Crippen molar-refractivity contribution in [3.05, 3.63) is 76.3 Å². The van der Waals surface area contributed by atoms with E-state index in [2.05, 4.69) is 15.6 Å². The van der Waals surface area contributed by atoms with Crippen molar-refractivity contribution in [1.29, 1.82) is 0 Å². The summed E-state index contributed by atoms with van der Waals surface area (Å²) in [6, 6.07) is 7.37. The Kier molecular flexibility index (Phi) is 6.35. The van der Waals surface area contributed by atoms with Gasteiger partial charge in [-0.2, -0.15) is 0 Å². The average molecular weight is 585 g/mol. The number of ether oxygens (including phenoxy) is 1. The number of carbonyl (C=O) groups excluding carboxylic acids is 1. The average Bonchev–Trinajstić information content (AvgIpc) is 3.51. The second-order valence-electron chi connectivity index (χ2n) is 10.6. The Morgan fingerprint density at radius 2 is 1.95 bits per heavy atom. The first kappa shape index (κ1) is 26.3. The largest absolute Gasteiger partial charge is 0.443 e. The predicted molar refractivity (Wildman–Crippen MR) is 152 cm³/mol. The van der Waals surface area contributed by atoms with Crippen LogP contribution >= 0.6 is 23.2 Å². The number of aromatic nitrogens is 4. The standard InChI is InChI=1S/C28H24Cl2F2N6O2/c1-28(2,3)40-27(39)38-13-18(17-5-4-15(29)10-22(17)38)23-24(30)37-7-6-33-26(37)25(36-23)35-16-8-14-9-19(31)20(32)11-21(14)34-12-16/h4-7,9-11,13,16,34H,8,12H2,1-3H3,(H,35,36). The highest BCUT2D eigenvalue weighted by Crippen LogP contribution is 2.37. The maximum Gasteiger partial charge on any atom is 0.419 e. The number of hydrogen-bond donors (Lipinski definition) is 2. The van der Waals surface area contributed by atoms with Gasteiger partial charge in [0.05, 0.1) is 5.52 Å². The van der Waals surface area contributed by atoms with E-state index in [4.69, 9.17) is 32.9 Å². The van der Waals surface area contributed by atoms with Crippen molar-refractivity contribution in [3.8, 4) is 11.3 Å². The molecule has 3 aromatic heterocycles. The number of halogens is 4. The second-order valence-corrected chi connectivity index (χ2v) is 11.4. The molecule has 1 aliphatic rings. The molecule has 12 heteroatoms. The lowest BCUT2D eigenvalue weighted by molar-refractivity contribution is 0.0544. The fraction of sp³-hybridized carbons (Fsp3) is 0.250. The van der Waals surface area contributed by atoms with Crippen LogP contribution in [0.25, 0.3) is 27.8 Å². The van der Waals surface area contributed by atoms with Crippen LogP contribution in [0.1, 0.15) is 26.3 Å². The summed E-state index contributed by atoms with van der Waals surface area (Å²) < 4.78 is 36.3. The number of imidazole rings is 1. The Bertz CT molecular complexity index is 1810. The van der Waals surface area contributed by atoms with E-state index in [1.165, 1.54) is 16.7 Å². The SMILES string of the molecule is CC(C)(C)OC(=O)n1cc(-c2nc(NC3CNc4cc(F)c(F)cc4C3)c3nccn3c2Cl)c2ccc(Cl)cc21. The molecule has 0 aliphatic carbocycles. The van der Waals surface area contributed by atoms with Crippen LogP contribution in [0.3, 0.4) is 0 Å². The van der Waals surface area contributed by atoms with Crippen LogP contribution < -0.4 is 10.6 Å². The van der Waals surface area contributed by atoms with Gasteiger partial charge >= 0.3 is 6.09 Å². The molecule has 8 nitrogen and oxygen atoms in total. The second kappa shape index (κ2) is 9.64. The lowest BCUT2D eigenvalue weighted by atomic mass is 9.99. The Labute approximate surface area is 237 Å². The molecule has 5 aromatic rings. The molecule has 0 radical (unpaired) electrons. The van der Waals surface area contributed by atoms with Crippen molar-refractivity contribution >= 4 is 57.4 Å². The summed E-state index contributed by atoms with van der Waals surface area (Å²) in [5.74, 6) is -1.35. The van der Waals surface area contributed by atoms with Crippen LogP contribution in [0.2, 0.25) is 10.2 Å². The fourth-order valence-corrected chi connectivity index (χ4v) is 5.31. The zero-order valence-corrected chi connectivity index (χ0v) is 23.2. The molecule has 0 spiro atoms. The van der Waals surface area contributed by atoms with Gasteiger partial charge in [-0.15, -0.1) is 0 Å². The molecule has 0 amide bonds. The number of rotatable bonds is 3. The molecule has 0 bridgehead atoms. The highest BCUT2D eigenvalue weighted by molar-refractivity contribution is 6.33. The van der Waals surface area contributed by atoms with E-state index in [0.29, 0.717) is 68.0 Å². The van der Waals surface area contributed by atoms with E-state index in [9.17, 15) is 13.6 Å². The number of anilines is 2.